The molecule has 3 heterocycles. The second kappa shape index (κ2) is 12.1. The maximum Gasteiger partial charge on any atom is 0.0697 e. The van der Waals surface area contributed by atoms with Crippen LogP contribution in [0, 0.1) is 32.8 Å². The summed E-state index contributed by atoms with van der Waals surface area (Å²) in [5.74, 6) is 0. The molecule has 4 heteroatoms. The topological polar surface area (TPSA) is 38.7 Å². The van der Waals surface area contributed by atoms with Crippen LogP contribution >= 0.6 is 0 Å². The van der Waals surface area contributed by atoms with E-state index in [-0.39, 0.29) is 25.7 Å². The van der Waals surface area contributed by atoms with E-state index in [0.717, 1.165) is 22.4 Å². The second-order valence-electron chi connectivity index (χ2n) is 7.27. The van der Waals surface area contributed by atoms with E-state index in [1.807, 2.05) is 48.5 Å². The van der Waals surface area contributed by atoms with Gasteiger partial charge in [-0.25, -0.2) is 0 Å². The zero-order chi connectivity index (χ0) is 28.0. The van der Waals surface area contributed by atoms with Gasteiger partial charge in [0, 0.05) is 46.9 Å². The van der Waals surface area contributed by atoms with Gasteiger partial charge < -0.3 is 9.97 Å². The minimum absolute atomic E-state index is 0. The Morgan fingerprint density at radius 1 is 0.647 bits per heavy atom. The molecule has 0 unspecified atom stereocenters. The van der Waals surface area contributed by atoms with Crippen molar-refractivity contribution in [3.05, 3.63) is 126 Å². The molecular formula is C30H25IrN3-2. The van der Waals surface area contributed by atoms with Gasteiger partial charge >= 0.3 is 0 Å². The van der Waals surface area contributed by atoms with Gasteiger partial charge in [-0.05, 0) is 60.8 Å². The molecule has 171 valence electrons. The quantitative estimate of drug-likeness (QED) is 0.201. The van der Waals surface area contributed by atoms with Crippen LogP contribution in [0.25, 0.3) is 33.8 Å². The van der Waals surface area contributed by atoms with E-state index in [0.29, 0.717) is 22.5 Å². The summed E-state index contributed by atoms with van der Waals surface area (Å²) in [5, 5.41) is 0. The SMILES string of the molecule is [2H]C([2H])([2H])c1cnc(-c2[c-]cccc2)cc1-c1ccccn1.[2H]C([2H])([2H])c1cnc(-c2[c-]cccc2)cc1C.[Ir]. The van der Waals surface area contributed by atoms with Crippen LogP contribution in [0.15, 0.2) is 97.5 Å². The van der Waals surface area contributed by atoms with Gasteiger partial charge in [-0.2, -0.15) is 0 Å². The minimum Gasteiger partial charge on any atom is -0.304 e. The predicted molar refractivity (Wildman–Crippen MR) is 134 cm³/mol. The van der Waals surface area contributed by atoms with Crippen molar-refractivity contribution in [3.63, 3.8) is 0 Å². The van der Waals surface area contributed by atoms with Gasteiger partial charge in [-0.3, -0.25) is 4.98 Å². The van der Waals surface area contributed by atoms with Crippen LogP contribution in [0.2, 0.25) is 0 Å². The van der Waals surface area contributed by atoms with E-state index in [1.54, 1.807) is 43.5 Å². The average molecular weight is 626 g/mol. The van der Waals surface area contributed by atoms with Gasteiger partial charge in [-0.15, -0.1) is 71.8 Å². The largest absolute Gasteiger partial charge is 0.304 e. The van der Waals surface area contributed by atoms with Crippen molar-refractivity contribution in [1.82, 2.24) is 15.0 Å². The maximum atomic E-state index is 7.70. The molecular weight excluding hydrogens is 595 g/mol. The van der Waals surface area contributed by atoms with Crippen LogP contribution in [-0.2, 0) is 20.1 Å². The Bertz CT molecular complexity index is 1520. The number of hydrogen-bond donors (Lipinski definition) is 0. The third kappa shape index (κ3) is 6.32. The summed E-state index contributed by atoms with van der Waals surface area (Å²) < 4.78 is 45.2. The van der Waals surface area contributed by atoms with Crippen LogP contribution in [-0.4, -0.2) is 15.0 Å². The summed E-state index contributed by atoms with van der Waals surface area (Å²) in [7, 11) is 0. The normalized spacial score (nSPS) is 13.3. The number of aryl methyl sites for hydroxylation is 3. The molecule has 34 heavy (non-hydrogen) atoms. The minimum atomic E-state index is -2.24. The van der Waals surface area contributed by atoms with Crippen LogP contribution in [0.1, 0.15) is 24.9 Å². The van der Waals surface area contributed by atoms with Crippen molar-refractivity contribution in [1.29, 1.82) is 0 Å². The summed E-state index contributed by atoms with van der Waals surface area (Å²) in [5.41, 5.74) is 5.53. The first-order valence-electron chi connectivity index (χ1n) is 13.4. The zero-order valence-corrected chi connectivity index (χ0v) is 20.8. The molecule has 0 aliphatic rings. The summed E-state index contributed by atoms with van der Waals surface area (Å²) >= 11 is 0. The summed E-state index contributed by atoms with van der Waals surface area (Å²) in [6, 6.07) is 30.1. The molecule has 0 aliphatic heterocycles. The fourth-order valence-corrected chi connectivity index (χ4v) is 3.15. The molecule has 5 aromatic rings. The van der Waals surface area contributed by atoms with E-state index >= 15 is 0 Å². The van der Waals surface area contributed by atoms with Gasteiger partial charge in [0.2, 0.25) is 0 Å². The van der Waals surface area contributed by atoms with Crippen molar-refractivity contribution in [2.24, 2.45) is 0 Å². The van der Waals surface area contributed by atoms with Crippen molar-refractivity contribution in [2.45, 2.75) is 20.6 Å². The number of hydrogen-bond acceptors (Lipinski definition) is 3. The Kier molecular flexibility index (Phi) is 6.40. The molecule has 0 saturated carbocycles. The first-order valence-corrected chi connectivity index (χ1v) is 10.4. The molecule has 0 N–H and O–H groups in total. The first kappa shape index (κ1) is 17.9. The fraction of sp³-hybridized carbons (Fsp3) is 0.100. The molecule has 0 saturated heterocycles. The van der Waals surface area contributed by atoms with Crippen molar-refractivity contribution < 1.29 is 28.3 Å². The number of rotatable bonds is 3. The van der Waals surface area contributed by atoms with Gasteiger partial charge in [0.1, 0.15) is 0 Å². The van der Waals surface area contributed by atoms with Gasteiger partial charge in [0.05, 0.1) is 5.69 Å². The Labute approximate surface area is 223 Å². The molecule has 0 atom stereocenters. The molecule has 3 nitrogen and oxygen atoms in total. The van der Waals surface area contributed by atoms with Crippen LogP contribution in [0.4, 0.5) is 0 Å². The Balaban J connectivity index is 0.000000222. The molecule has 0 amide bonds. The van der Waals surface area contributed by atoms with E-state index in [1.165, 1.54) is 12.4 Å². The van der Waals surface area contributed by atoms with Gasteiger partial charge in [0.15, 0.2) is 0 Å². The van der Waals surface area contributed by atoms with Crippen molar-refractivity contribution >= 4 is 0 Å². The average Bonchev–Trinajstić information content (AvgIpc) is 2.93. The predicted octanol–water partition coefficient (Wildman–Crippen LogP) is 7.08. The number of pyridine rings is 3. The summed E-state index contributed by atoms with van der Waals surface area (Å²) in [4.78, 5) is 12.7. The van der Waals surface area contributed by atoms with Gasteiger partial charge in [-0.1, -0.05) is 23.8 Å². The van der Waals surface area contributed by atoms with E-state index in [2.05, 4.69) is 27.1 Å². The summed E-state index contributed by atoms with van der Waals surface area (Å²) in [6.45, 7) is -2.55. The molecule has 5 rings (SSSR count). The van der Waals surface area contributed by atoms with E-state index in [4.69, 9.17) is 8.22 Å². The number of benzene rings is 2. The first-order chi connectivity index (χ1) is 18.5. The molecule has 0 bridgehead atoms. The van der Waals surface area contributed by atoms with E-state index in [9.17, 15) is 0 Å². The molecule has 3 aromatic heterocycles. The number of aromatic nitrogens is 3. The Morgan fingerprint density at radius 2 is 1.26 bits per heavy atom. The van der Waals surface area contributed by atoms with Crippen LogP contribution in [0.5, 0.6) is 0 Å². The van der Waals surface area contributed by atoms with Crippen molar-refractivity contribution in [3.8, 4) is 33.8 Å². The maximum absolute atomic E-state index is 7.70. The summed E-state index contributed by atoms with van der Waals surface area (Å²) in [6.07, 6.45) is 4.49. The molecule has 0 aliphatic carbocycles. The third-order valence-electron chi connectivity index (χ3n) is 4.93. The van der Waals surface area contributed by atoms with Crippen LogP contribution < -0.4 is 0 Å². The number of nitrogens with zero attached hydrogens (tertiary/aromatic N) is 3. The van der Waals surface area contributed by atoms with Gasteiger partial charge in [0.25, 0.3) is 0 Å². The second-order valence-corrected chi connectivity index (χ2v) is 7.27. The Morgan fingerprint density at radius 3 is 1.79 bits per heavy atom. The smallest absolute Gasteiger partial charge is 0.0697 e. The molecule has 0 spiro atoms. The zero-order valence-electron chi connectivity index (χ0n) is 24.4. The van der Waals surface area contributed by atoms with Crippen molar-refractivity contribution in [2.75, 3.05) is 0 Å². The fourth-order valence-electron chi connectivity index (χ4n) is 3.15. The molecule has 1 radical (unpaired) electrons. The molecule has 0 fully saturated rings. The molecule has 2 aromatic carbocycles. The standard InChI is InChI=1S/C17H13N2.C13H12N.Ir/c1-13-12-19-17(14-7-3-2-4-8-14)11-15(13)16-9-5-6-10-18-16;1-10-8-13(14-9-11(10)2)12-6-4-3-5-7-12;/h2-7,9-12H,1H3;3-6,8-9H,1-2H3;/q2*-1;/i1D3;2D3;. The van der Waals surface area contributed by atoms with Crippen LogP contribution in [0.3, 0.4) is 0 Å². The Hall–Kier alpha value is -3.46. The third-order valence-corrected chi connectivity index (χ3v) is 4.93. The van der Waals surface area contributed by atoms with E-state index < -0.39 is 13.7 Å². The monoisotopic (exact) mass is 626 g/mol.